The molecule has 0 unspecified atom stereocenters. The van der Waals surface area contributed by atoms with Crippen LogP contribution in [0.15, 0.2) is 55.1 Å². The predicted molar refractivity (Wildman–Crippen MR) is 101 cm³/mol. The van der Waals surface area contributed by atoms with E-state index < -0.39 is 0 Å². The van der Waals surface area contributed by atoms with E-state index in [9.17, 15) is 0 Å². The maximum Gasteiger partial charge on any atom is 0.180 e. The Morgan fingerprint density at radius 2 is 1.76 bits per heavy atom. The molecule has 0 radical (unpaired) electrons. The quantitative estimate of drug-likeness (QED) is 0.617. The summed E-state index contributed by atoms with van der Waals surface area (Å²) in [6, 6.07) is 9.97. The van der Waals surface area contributed by atoms with E-state index in [1.165, 1.54) is 0 Å². The third-order valence-electron chi connectivity index (χ3n) is 3.84. The lowest BCUT2D eigenvalue weighted by molar-refractivity contribution is 0.660. The monoisotopic (exact) mass is 334 g/mol. The third kappa shape index (κ3) is 3.10. The summed E-state index contributed by atoms with van der Waals surface area (Å²) in [6.07, 6.45) is 7.61. The zero-order valence-electron chi connectivity index (χ0n) is 14.7. The first-order valence-electron chi connectivity index (χ1n) is 8.48. The number of fused-ring (bicyclic) bond motifs is 1. The van der Waals surface area contributed by atoms with Gasteiger partial charge in [-0.1, -0.05) is 44.2 Å². The molecule has 6 nitrogen and oxygen atoms in total. The molecule has 6 heteroatoms. The number of hydrogen-bond acceptors (Lipinski definition) is 4. The van der Waals surface area contributed by atoms with Gasteiger partial charge in [0.15, 0.2) is 11.5 Å². The fourth-order valence-corrected chi connectivity index (χ4v) is 2.64. The second-order valence-electron chi connectivity index (χ2n) is 5.30. The van der Waals surface area contributed by atoms with Crippen molar-refractivity contribution in [1.82, 2.24) is 24.1 Å². The van der Waals surface area contributed by atoms with Gasteiger partial charge < -0.3 is 5.73 Å². The van der Waals surface area contributed by atoms with Crippen molar-refractivity contribution in [3.63, 3.8) is 0 Å². The van der Waals surface area contributed by atoms with E-state index in [4.69, 9.17) is 5.73 Å². The van der Waals surface area contributed by atoms with Crippen LogP contribution in [0, 0.1) is 0 Å². The van der Waals surface area contributed by atoms with Crippen molar-refractivity contribution >= 4 is 11.5 Å². The summed E-state index contributed by atoms with van der Waals surface area (Å²) in [5.41, 5.74) is 10.5. The van der Waals surface area contributed by atoms with Gasteiger partial charge in [-0.15, -0.1) is 0 Å². The van der Waals surface area contributed by atoms with Gasteiger partial charge in [-0.2, -0.15) is 5.10 Å². The molecule has 0 spiro atoms. The highest BCUT2D eigenvalue weighted by Crippen LogP contribution is 2.26. The van der Waals surface area contributed by atoms with Crippen molar-refractivity contribution in [3.05, 3.63) is 55.1 Å². The minimum absolute atomic E-state index is 0.417. The van der Waals surface area contributed by atoms with Crippen LogP contribution in [-0.4, -0.2) is 24.1 Å². The van der Waals surface area contributed by atoms with Gasteiger partial charge in [-0.05, 0) is 6.92 Å². The highest BCUT2D eigenvalue weighted by molar-refractivity contribution is 5.72. The maximum absolute atomic E-state index is 6.10. The van der Waals surface area contributed by atoms with Crippen molar-refractivity contribution < 1.29 is 0 Å². The van der Waals surface area contributed by atoms with E-state index in [-0.39, 0.29) is 0 Å². The average Bonchev–Trinajstić information content (AvgIpc) is 3.30. The lowest BCUT2D eigenvalue weighted by atomic mass is 10.1. The Morgan fingerprint density at radius 3 is 2.44 bits per heavy atom. The van der Waals surface area contributed by atoms with E-state index in [1.807, 2.05) is 71.9 Å². The zero-order chi connectivity index (χ0) is 17.8. The highest BCUT2D eigenvalue weighted by atomic mass is 15.3. The number of aryl methyl sites for hydroxylation is 1. The van der Waals surface area contributed by atoms with Crippen molar-refractivity contribution in [3.8, 4) is 22.5 Å². The van der Waals surface area contributed by atoms with E-state index in [0.717, 1.165) is 29.1 Å². The molecule has 0 aliphatic carbocycles. The van der Waals surface area contributed by atoms with Crippen LogP contribution in [-0.2, 0) is 6.54 Å². The van der Waals surface area contributed by atoms with Crippen LogP contribution >= 0.6 is 0 Å². The predicted octanol–water partition coefficient (Wildman–Crippen LogP) is 3.89. The highest BCUT2D eigenvalue weighted by Gasteiger charge is 2.13. The normalized spacial score (nSPS) is 10.5. The number of imidazole rings is 1. The molecule has 0 amide bonds. The van der Waals surface area contributed by atoms with E-state index in [0.29, 0.717) is 11.5 Å². The molecule has 4 aromatic rings. The van der Waals surface area contributed by atoms with Crippen LogP contribution in [0.1, 0.15) is 20.8 Å². The van der Waals surface area contributed by atoms with Crippen LogP contribution in [0.3, 0.4) is 0 Å². The Morgan fingerprint density at radius 1 is 1.00 bits per heavy atom. The fourth-order valence-electron chi connectivity index (χ4n) is 2.64. The zero-order valence-corrected chi connectivity index (χ0v) is 14.7. The number of nitrogen functional groups attached to an aromatic ring is 1. The molecule has 3 heterocycles. The summed E-state index contributed by atoms with van der Waals surface area (Å²) in [5, 5.41) is 4.33. The van der Waals surface area contributed by atoms with Crippen molar-refractivity contribution in [2.75, 3.05) is 5.73 Å². The molecule has 0 atom stereocenters. The number of nitrogens with zero attached hydrogens (tertiary/aromatic N) is 5. The second kappa shape index (κ2) is 7.17. The topological polar surface area (TPSA) is 74.0 Å². The molecular formula is C19H22N6. The van der Waals surface area contributed by atoms with E-state index in [1.54, 1.807) is 6.20 Å². The van der Waals surface area contributed by atoms with Gasteiger partial charge in [-0.3, -0.25) is 9.08 Å². The minimum atomic E-state index is 0.417. The molecule has 4 rings (SSSR count). The molecule has 0 saturated carbocycles. The van der Waals surface area contributed by atoms with Crippen molar-refractivity contribution in [2.24, 2.45) is 0 Å². The molecule has 3 aromatic heterocycles. The number of rotatable bonds is 3. The third-order valence-corrected chi connectivity index (χ3v) is 3.84. The number of anilines is 1. The van der Waals surface area contributed by atoms with Crippen LogP contribution < -0.4 is 5.73 Å². The van der Waals surface area contributed by atoms with E-state index in [2.05, 4.69) is 22.0 Å². The Bertz CT molecular complexity index is 968. The molecule has 0 aliphatic rings. The van der Waals surface area contributed by atoms with Crippen LogP contribution in [0.2, 0.25) is 0 Å². The SMILES string of the molecule is CC.CCn1cc(-c2cnc3c(N)nc(-c4ccccc4)cn23)cn1. The number of benzene rings is 1. The summed E-state index contributed by atoms with van der Waals surface area (Å²) < 4.78 is 3.86. The van der Waals surface area contributed by atoms with Crippen LogP contribution in [0.4, 0.5) is 5.82 Å². The number of hydrogen-bond donors (Lipinski definition) is 1. The molecule has 0 aliphatic heterocycles. The van der Waals surface area contributed by atoms with Gasteiger partial charge in [-0.25, -0.2) is 9.97 Å². The largest absolute Gasteiger partial charge is 0.381 e. The fraction of sp³-hybridized carbons (Fsp3) is 0.211. The van der Waals surface area contributed by atoms with Gasteiger partial charge in [0.2, 0.25) is 0 Å². The average molecular weight is 334 g/mol. The standard InChI is InChI=1S/C17H16N6.C2H6/c1-2-22-10-13(8-20-22)15-9-19-17-16(18)21-14(11-23(15)17)12-6-4-3-5-7-12;1-2/h3-11H,2H2,1H3,(H2,18,21);1-2H3. The summed E-state index contributed by atoms with van der Waals surface area (Å²) in [6.45, 7) is 6.89. The summed E-state index contributed by atoms with van der Waals surface area (Å²) in [5.74, 6) is 0.417. The second-order valence-corrected chi connectivity index (χ2v) is 5.30. The molecular weight excluding hydrogens is 312 g/mol. The van der Waals surface area contributed by atoms with Gasteiger partial charge in [0.1, 0.15) is 0 Å². The smallest absolute Gasteiger partial charge is 0.180 e. The first-order chi connectivity index (χ1) is 12.3. The van der Waals surface area contributed by atoms with Gasteiger partial charge in [0, 0.05) is 30.1 Å². The summed E-state index contributed by atoms with van der Waals surface area (Å²) >= 11 is 0. The van der Waals surface area contributed by atoms with Gasteiger partial charge in [0.25, 0.3) is 0 Å². The molecule has 0 fully saturated rings. The molecule has 1 aromatic carbocycles. The Labute approximate surface area is 147 Å². The summed E-state index contributed by atoms with van der Waals surface area (Å²) in [4.78, 5) is 8.88. The Kier molecular flexibility index (Phi) is 4.79. The molecule has 25 heavy (non-hydrogen) atoms. The lowest BCUT2D eigenvalue weighted by Crippen LogP contribution is -2.00. The first-order valence-corrected chi connectivity index (χ1v) is 8.48. The minimum Gasteiger partial charge on any atom is -0.381 e. The van der Waals surface area contributed by atoms with Crippen LogP contribution in [0.25, 0.3) is 28.2 Å². The Balaban J connectivity index is 0.000000880. The first kappa shape index (κ1) is 16.7. The van der Waals surface area contributed by atoms with Crippen LogP contribution in [0.5, 0.6) is 0 Å². The summed E-state index contributed by atoms with van der Waals surface area (Å²) in [7, 11) is 0. The maximum atomic E-state index is 6.10. The number of aromatic nitrogens is 5. The Hall–Kier alpha value is -3.15. The van der Waals surface area contributed by atoms with Gasteiger partial charge >= 0.3 is 0 Å². The molecule has 0 saturated heterocycles. The van der Waals surface area contributed by atoms with E-state index >= 15 is 0 Å². The lowest BCUT2D eigenvalue weighted by Gasteiger charge is -2.06. The molecule has 0 bridgehead atoms. The number of nitrogens with two attached hydrogens (primary N) is 1. The van der Waals surface area contributed by atoms with Crippen molar-refractivity contribution in [1.29, 1.82) is 0 Å². The van der Waals surface area contributed by atoms with Crippen molar-refractivity contribution in [2.45, 2.75) is 27.3 Å². The molecule has 2 N–H and O–H groups in total. The van der Waals surface area contributed by atoms with Gasteiger partial charge in [0.05, 0.1) is 23.8 Å². The molecule has 128 valence electrons.